The van der Waals surface area contributed by atoms with Crippen LogP contribution in [0.1, 0.15) is 24.3 Å². The molecule has 1 N–H and O–H groups in total. The second-order valence-electron chi connectivity index (χ2n) is 5.21. The van der Waals surface area contributed by atoms with Crippen LogP contribution in [0.2, 0.25) is 0 Å². The summed E-state index contributed by atoms with van der Waals surface area (Å²) < 4.78 is 7.24. The van der Waals surface area contributed by atoms with E-state index in [0.29, 0.717) is 18.8 Å². The topological polar surface area (TPSA) is 67.6 Å². The highest BCUT2D eigenvalue weighted by Gasteiger charge is 2.36. The standard InChI is InChI=1S/C12H19N3O3/c1-12(2)8-15(6-9(7-16)18-12)11(17)10-4-5-13-14(10)3/h4-5,9,16H,6-8H2,1-3H3. The number of rotatable bonds is 2. The number of carbonyl (C=O) groups is 1. The van der Waals surface area contributed by atoms with Gasteiger partial charge in [0, 0.05) is 26.3 Å². The molecule has 6 nitrogen and oxygen atoms in total. The molecule has 0 saturated carbocycles. The van der Waals surface area contributed by atoms with Crippen LogP contribution >= 0.6 is 0 Å². The Morgan fingerprint density at radius 3 is 2.94 bits per heavy atom. The van der Waals surface area contributed by atoms with Gasteiger partial charge in [0.05, 0.1) is 18.3 Å². The van der Waals surface area contributed by atoms with E-state index in [0.717, 1.165) is 0 Å². The first-order valence-electron chi connectivity index (χ1n) is 5.99. The Labute approximate surface area is 106 Å². The van der Waals surface area contributed by atoms with Crippen molar-refractivity contribution in [2.24, 2.45) is 7.05 Å². The van der Waals surface area contributed by atoms with Crippen LogP contribution in [0, 0.1) is 0 Å². The molecule has 0 aliphatic carbocycles. The van der Waals surface area contributed by atoms with Crippen LogP contribution in [-0.4, -0.2) is 57.1 Å². The quantitative estimate of drug-likeness (QED) is 0.807. The number of aromatic nitrogens is 2. The third-order valence-corrected chi connectivity index (χ3v) is 3.01. The van der Waals surface area contributed by atoms with Gasteiger partial charge < -0.3 is 14.7 Å². The third kappa shape index (κ3) is 2.54. The lowest BCUT2D eigenvalue weighted by molar-refractivity contribution is -0.139. The molecule has 100 valence electrons. The van der Waals surface area contributed by atoms with E-state index in [1.54, 1.807) is 28.9 Å². The van der Waals surface area contributed by atoms with E-state index in [-0.39, 0.29) is 18.6 Å². The number of aryl methyl sites for hydroxylation is 1. The molecular weight excluding hydrogens is 234 g/mol. The highest BCUT2D eigenvalue weighted by molar-refractivity contribution is 5.92. The number of hydrogen-bond donors (Lipinski definition) is 1. The Hall–Kier alpha value is -1.40. The van der Waals surface area contributed by atoms with Gasteiger partial charge in [-0.3, -0.25) is 9.48 Å². The highest BCUT2D eigenvalue weighted by atomic mass is 16.5. The van der Waals surface area contributed by atoms with Crippen molar-refractivity contribution in [1.29, 1.82) is 0 Å². The molecule has 1 amide bonds. The lowest BCUT2D eigenvalue weighted by atomic mass is 10.0. The Bertz CT molecular complexity index is 442. The predicted octanol–water partition coefficient (Wildman–Crippen LogP) is 0.0320. The molecule has 2 heterocycles. The Morgan fingerprint density at radius 2 is 2.39 bits per heavy atom. The van der Waals surface area contributed by atoms with Gasteiger partial charge >= 0.3 is 0 Å². The van der Waals surface area contributed by atoms with Crippen molar-refractivity contribution >= 4 is 5.91 Å². The first kappa shape index (κ1) is 13.0. The summed E-state index contributed by atoms with van der Waals surface area (Å²) in [4.78, 5) is 14.1. The van der Waals surface area contributed by atoms with Gasteiger partial charge in [0.25, 0.3) is 5.91 Å². The number of ether oxygens (including phenoxy) is 1. The van der Waals surface area contributed by atoms with Crippen LogP contribution in [0.25, 0.3) is 0 Å². The summed E-state index contributed by atoms with van der Waals surface area (Å²) in [5.74, 6) is -0.0789. The Balaban J connectivity index is 2.17. The molecule has 1 aliphatic heterocycles. The molecule has 18 heavy (non-hydrogen) atoms. The first-order chi connectivity index (χ1) is 8.43. The lowest BCUT2D eigenvalue weighted by Gasteiger charge is -2.42. The maximum absolute atomic E-state index is 12.4. The summed E-state index contributed by atoms with van der Waals surface area (Å²) in [6.45, 7) is 4.66. The van der Waals surface area contributed by atoms with Gasteiger partial charge in [-0.25, -0.2) is 0 Å². The Morgan fingerprint density at radius 1 is 1.67 bits per heavy atom. The van der Waals surface area contributed by atoms with Crippen molar-refractivity contribution in [3.63, 3.8) is 0 Å². The molecule has 1 atom stereocenters. The second-order valence-corrected chi connectivity index (χ2v) is 5.21. The summed E-state index contributed by atoms with van der Waals surface area (Å²) in [6, 6.07) is 1.69. The monoisotopic (exact) mass is 253 g/mol. The number of morpholine rings is 1. The van der Waals surface area contributed by atoms with E-state index in [2.05, 4.69) is 5.10 Å². The lowest BCUT2D eigenvalue weighted by Crippen LogP contribution is -2.55. The van der Waals surface area contributed by atoms with Crippen molar-refractivity contribution in [3.05, 3.63) is 18.0 Å². The van der Waals surface area contributed by atoms with Gasteiger partial charge in [0.1, 0.15) is 5.69 Å². The molecule has 0 aromatic carbocycles. The molecule has 2 rings (SSSR count). The van der Waals surface area contributed by atoms with E-state index in [1.807, 2.05) is 13.8 Å². The number of carbonyl (C=O) groups excluding carboxylic acids is 1. The van der Waals surface area contributed by atoms with E-state index >= 15 is 0 Å². The minimum Gasteiger partial charge on any atom is -0.394 e. The van der Waals surface area contributed by atoms with Gasteiger partial charge in [-0.2, -0.15) is 5.10 Å². The number of hydrogen-bond acceptors (Lipinski definition) is 4. The fourth-order valence-corrected chi connectivity index (χ4v) is 2.29. The molecule has 1 aliphatic rings. The number of amides is 1. The van der Waals surface area contributed by atoms with E-state index < -0.39 is 5.60 Å². The smallest absolute Gasteiger partial charge is 0.272 e. The van der Waals surface area contributed by atoms with Crippen LogP contribution in [0.15, 0.2) is 12.3 Å². The maximum atomic E-state index is 12.4. The van der Waals surface area contributed by atoms with E-state index in [4.69, 9.17) is 4.74 Å². The summed E-state index contributed by atoms with van der Waals surface area (Å²) >= 11 is 0. The molecule has 6 heteroatoms. The molecule has 1 saturated heterocycles. The number of aliphatic hydroxyl groups is 1. The SMILES string of the molecule is Cn1nccc1C(=O)N1CC(CO)OC(C)(C)C1. The van der Waals surface area contributed by atoms with Crippen molar-refractivity contribution < 1.29 is 14.6 Å². The largest absolute Gasteiger partial charge is 0.394 e. The van der Waals surface area contributed by atoms with Gasteiger partial charge in [-0.05, 0) is 19.9 Å². The molecule has 1 fully saturated rings. The summed E-state index contributed by atoms with van der Waals surface area (Å²) in [6.07, 6.45) is 1.27. The van der Waals surface area contributed by atoms with Crippen LogP contribution in [0.5, 0.6) is 0 Å². The molecule has 1 unspecified atom stereocenters. The van der Waals surface area contributed by atoms with Crippen LogP contribution < -0.4 is 0 Å². The Kier molecular flexibility index (Phi) is 3.41. The van der Waals surface area contributed by atoms with Gasteiger partial charge in [-0.15, -0.1) is 0 Å². The maximum Gasteiger partial charge on any atom is 0.272 e. The third-order valence-electron chi connectivity index (χ3n) is 3.01. The fraction of sp³-hybridized carbons (Fsp3) is 0.667. The minimum atomic E-state index is -0.445. The number of nitrogens with zero attached hydrogens (tertiary/aromatic N) is 3. The average Bonchev–Trinajstić information content (AvgIpc) is 2.72. The zero-order valence-corrected chi connectivity index (χ0v) is 11.0. The summed E-state index contributed by atoms with van der Waals surface area (Å²) in [7, 11) is 1.74. The highest BCUT2D eigenvalue weighted by Crippen LogP contribution is 2.22. The van der Waals surface area contributed by atoms with Crippen LogP contribution in [-0.2, 0) is 11.8 Å². The molecular formula is C12H19N3O3. The van der Waals surface area contributed by atoms with Gasteiger partial charge in [0.2, 0.25) is 0 Å². The molecule has 0 spiro atoms. The fourth-order valence-electron chi connectivity index (χ4n) is 2.29. The minimum absolute atomic E-state index is 0.0789. The molecule has 1 aromatic heterocycles. The van der Waals surface area contributed by atoms with Crippen LogP contribution in [0.4, 0.5) is 0 Å². The van der Waals surface area contributed by atoms with Gasteiger partial charge in [-0.1, -0.05) is 0 Å². The summed E-state index contributed by atoms with van der Waals surface area (Å²) in [5, 5.41) is 13.2. The van der Waals surface area contributed by atoms with E-state index in [9.17, 15) is 9.90 Å². The van der Waals surface area contributed by atoms with Crippen molar-refractivity contribution in [2.75, 3.05) is 19.7 Å². The van der Waals surface area contributed by atoms with Crippen LogP contribution in [0.3, 0.4) is 0 Å². The zero-order valence-electron chi connectivity index (χ0n) is 11.0. The van der Waals surface area contributed by atoms with Crippen molar-refractivity contribution in [2.45, 2.75) is 25.6 Å². The zero-order chi connectivity index (χ0) is 13.3. The van der Waals surface area contributed by atoms with E-state index in [1.165, 1.54) is 0 Å². The first-order valence-corrected chi connectivity index (χ1v) is 5.99. The van der Waals surface area contributed by atoms with Gasteiger partial charge in [0.15, 0.2) is 0 Å². The molecule has 0 radical (unpaired) electrons. The van der Waals surface area contributed by atoms with Crippen molar-refractivity contribution in [1.82, 2.24) is 14.7 Å². The predicted molar refractivity (Wildman–Crippen MR) is 65.1 cm³/mol. The van der Waals surface area contributed by atoms with Crippen molar-refractivity contribution in [3.8, 4) is 0 Å². The normalized spacial score (nSPS) is 23.1. The average molecular weight is 253 g/mol. The number of aliphatic hydroxyl groups excluding tert-OH is 1. The molecule has 0 bridgehead atoms. The second kappa shape index (κ2) is 4.70. The molecule has 1 aromatic rings. The summed E-state index contributed by atoms with van der Waals surface area (Å²) in [5.41, 5.74) is 0.101.